The predicted octanol–water partition coefficient (Wildman–Crippen LogP) is 0.183. The minimum Gasteiger partial charge on any atom is -0.320 e. The maximum atomic E-state index is 13.2. The Morgan fingerprint density at radius 2 is 2.14 bits per heavy atom. The van der Waals surface area contributed by atoms with Crippen LogP contribution in [0.4, 0.5) is 4.39 Å². The van der Waals surface area contributed by atoms with Crippen molar-refractivity contribution in [3.63, 3.8) is 0 Å². The molecule has 1 rings (SSSR count). The van der Waals surface area contributed by atoms with Crippen molar-refractivity contribution in [1.29, 1.82) is 0 Å². The Morgan fingerprint density at radius 3 is 2.76 bits per heavy atom. The number of halogens is 1. The van der Waals surface area contributed by atoms with Gasteiger partial charge in [0.15, 0.2) is 0 Å². The van der Waals surface area contributed by atoms with Crippen molar-refractivity contribution in [1.82, 2.24) is 4.72 Å². The third-order valence-corrected chi connectivity index (χ3v) is 4.84. The Kier molecular flexibility index (Phi) is 6.98. The highest BCUT2D eigenvalue weighted by molar-refractivity contribution is 7.89. The van der Waals surface area contributed by atoms with Crippen LogP contribution in [0.5, 0.6) is 0 Å². The normalized spacial score (nSPS) is 12.5. The van der Waals surface area contributed by atoms with Crippen molar-refractivity contribution in [3.05, 3.63) is 29.6 Å². The largest absolute Gasteiger partial charge is 0.320 e. The molecule has 0 saturated carbocycles. The van der Waals surface area contributed by atoms with Crippen molar-refractivity contribution in [3.8, 4) is 11.8 Å². The summed E-state index contributed by atoms with van der Waals surface area (Å²) in [6.45, 7) is 0.203. The number of nitrogens with one attached hydrogen (secondary N) is 1. The highest BCUT2D eigenvalue weighted by atomic mass is 32.2. The van der Waals surface area contributed by atoms with E-state index in [1.54, 1.807) is 6.26 Å². The molecular weight excluding hydrogens is 315 g/mol. The van der Waals surface area contributed by atoms with Gasteiger partial charge in [-0.2, -0.15) is 0 Å². The number of rotatable bonds is 6. The van der Waals surface area contributed by atoms with Crippen molar-refractivity contribution < 1.29 is 17.0 Å². The van der Waals surface area contributed by atoms with Gasteiger partial charge in [0.1, 0.15) is 5.82 Å². The zero-order valence-corrected chi connectivity index (χ0v) is 13.2. The Morgan fingerprint density at radius 1 is 1.43 bits per heavy atom. The molecule has 1 aromatic carbocycles. The van der Waals surface area contributed by atoms with Crippen LogP contribution in [0.2, 0.25) is 0 Å². The van der Waals surface area contributed by atoms with Crippen LogP contribution in [0.15, 0.2) is 23.1 Å². The van der Waals surface area contributed by atoms with Gasteiger partial charge in [-0.05, 0) is 24.6 Å². The summed E-state index contributed by atoms with van der Waals surface area (Å²) in [5, 5.41) is 0. The van der Waals surface area contributed by atoms with Gasteiger partial charge in [-0.1, -0.05) is 11.8 Å². The van der Waals surface area contributed by atoms with Gasteiger partial charge in [0.05, 0.1) is 11.4 Å². The molecule has 0 spiro atoms. The Hall–Kier alpha value is -1.27. The quantitative estimate of drug-likeness (QED) is 0.575. The fourth-order valence-electron chi connectivity index (χ4n) is 1.54. The number of hydrogen-bond acceptors (Lipinski definition) is 4. The van der Waals surface area contributed by atoms with Crippen LogP contribution in [0.3, 0.4) is 0 Å². The van der Waals surface area contributed by atoms with Crippen LogP contribution >= 0.6 is 0 Å². The van der Waals surface area contributed by atoms with Gasteiger partial charge in [-0.15, -0.1) is 0 Å². The van der Waals surface area contributed by atoms with Crippen molar-refractivity contribution in [2.24, 2.45) is 5.73 Å². The molecule has 0 radical (unpaired) electrons. The second-order valence-corrected chi connectivity index (χ2v) is 7.47. The summed E-state index contributed by atoms with van der Waals surface area (Å²) in [4.78, 5) is -0.0949. The van der Waals surface area contributed by atoms with E-state index in [4.69, 9.17) is 5.73 Å². The third kappa shape index (κ3) is 5.93. The van der Waals surface area contributed by atoms with E-state index in [0.29, 0.717) is 12.2 Å². The van der Waals surface area contributed by atoms with Crippen molar-refractivity contribution in [2.75, 3.05) is 25.1 Å². The zero-order valence-electron chi connectivity index (χ0n) is 11.6. The summed E-state index contributed by atoms with van der Waals surface area (Å²) in [6, 6.07) is 3.28. The van der Waals surface area contributed by atoms with E-state index in [0.717, 1.165) is 18.2 Å². The summed E-state index contributed by atoms with van der Waals surface area (Å²) in [5.41, 5.74) is 5.30. The molecule has 0 aliphatic heterocycles. The minimum atomic E-state index is -3.79. The lowest BCUT2D eigenvalue weighted by Gasteiger charge is -2.08. The number of sulfonamides is 1. The second kappa shape index (κ2) is 8.24. The van der Waals surface area contributed by atoms with Crippen LogP contribution in [-0.2, 0) is 20.8 Å². The van der Waals surface area contributed by atoms with Gasteiger partial charge in [0, 0.05) is 34.9 Å². The van der Waals surface area contributed by atoms with E-state index in [9.17, 15) is 17.0 Å². The summed E-state index contributed by atoms with van der Waals surface area (Å²) < 4.78 is 50.8. The molecule has 1 unspecified atom stereocenters. The van der Waals surface area contributed by atoms with E-state index >= 15 is 0 Å². The van der Waals surface area contributed by atoms with Crippen LogP contribution in [0, 0.1) is 17.7 Å². The van der Waals surface area contributed by atoms with Gasteiger partial charge in [0.2, 0.25) is 10.0 Å². The molecule has 21 heavy (non-hydrogen) atoms. The fraction of sp³-hybridized carbons (Fsp3) is 0.385. The molecule has 0 aromatic heterocycles. The molecule has 5 nitrogen and oxygen atoms in total. The van der Waals surface area contributed by atoms with Crippen LogP contribution in [0.25, 0.3) is 0 Å². The molecule has 0 aliphatic rings. The SMILES string of the molecule is CS(=O)CCCNS(=O)(=O)c1ccc(F)cc1C#CCN. The fourth-order valence-corrected chi connectivity index (χ4v) is 3.31. The van der Waals surface area contributed by atoms with Gasteiger partial charge < -0.3 is 5.73 Å². The highest BCUT2D eigenvalue weighted by Gasteiger charge is 2.17. The highest BCUT2D eigenvalue weighted by Crippen LogP contribution is 2.16. The molecule has 3 N–H and O–H groups in total. The molecule has 0 fully saturated rings. The third-order valence-electron chi connectivity index (χ3n) is 2.46. The molecular formula is C13H17FN2O3S2. The van der Waals surface area contributed by atoms with E-state index in [2.05, 4.69) is 16.6 Å². The molecule has 0 amide bonds. The standard InChI is InChI=1S/C13H17FN2O3S2/c1-20(17)9-3-8-16-21(18,19)13-6-5-12(14)10-11(13)4-2-7-15/h5-6,10,16H,3,7-9,15H2,1H3. The summed E-state index contributed by atoms with van der Waals surface area (Å²) >= 11 is 0. The lowest BCUT2D eigenvalue weighted by molar-refractivity contribution is 0.579. The summed E-state index contributed by atoms with van der Waals surface area (Å²) in [6.07, 6.45) is 2.00. The molecule has 1 atom stereocenters. The van der Waals surface area contributed by atoms with E-state index in [1.807, 2.05) is 0 Å². The second-order valence-electron chi connectivity index (χ2n) is 4.18. The van der Waals surface area contributed by atoms with Crippen LogP contribution < -0.4 is 10.5 Å². The average molecular weight is 332 g/mol. The van der Waals surface area contributed by atoms with Crippen LogP contribution in [0.1, 0.15) is 12.0 Å². The van der Waals surface area contributed by atoms with Crippen molar-refractivity contribution in [2.45, 2.75) is 11.3 Å². The zero-order chi connectivity index (χ0) is 15.9. The predicted molar refractivity (Wildman–Crippen MR) is 81.1 cm³/mol. The first kappa shape index (κ1) is 17.8. The maximum absolute atomic E-state index is 13.2. The molecule has 0 aliphatic carbocycles. The van der Waals surface area contributed by atoms with Gasteiger partial charge >= 0.3 is 0 Å². The molecule has 0 bridgehead atoms. The number of hydrogen-bond donors (Lipinski definition) is 2. The average Bonchev–Trinajstić information content (AvgIpc) is 2.41. The van der Waals surface area contributed by atoms with Crippen LogP contribution in [-0.4, -0.2) is 37.7 Å². The first-order valence-corrected chi connectivity index (χ1v) is 9.36. The van der Waals surface area contributed by atoms with E-state index in [-0.39, 0.29) is 23.5 Å². The van der Waals surface area contributed by atoms with E-state index in [1.165, 1.54) is 0 Å². The smallest absolute Gasteiger partial charge is 0.241 e. The van der Waals surface area contributed by atoms with Gasteiger partial charge in [-0.25, -0.2) is 17.5 Å². The lowest BCUT2D eigenvalue weighted by atomic mass is 10.2. The molecule has 8 heteroatoms. The first-order chi connectivity index (χ1) is 9.86. The molecule has 1 aromatic rings. The molecule has 0 saturated heterocycles. The molecule has 116 valence electrons. The van der Waals surface area contributed by atoms with Crippen molar-refractivity contribution >= 4 is 20.8 Å². The van der Waals surface area contributed by atoms with Gasteiger partial charge in [-0.3, -0.25) is 4.21 Å². The minimum absolute atomic E-state index is 0.0474. The Labute approximate surface area is 126 Å². The Balaban J connectivity index is 2.94. The summed E-state index contributed by atoms with van der Waals surface area (Å²) in [7, 11) is -4.77. The number of benzene rings is 1. The number of nitrogens with two attached hydrogens (primary N) is 1. The van der Waals surface area contributed by atoms with E-state index < -0.39 is 26.6 Å². The topological polar surface area (TPSA) is 89.3 Å². The monoisotopic (exact) mass is 332 g/mol. The maximum Gasteiger partial charge on any atom is 0.241 e. The first-order valence-electron chi connectivity index (χ1n) is 6.15. The lowest BCUT2D eigenvalue weighted by Crippen LogP contribution is -2.26. The molecule has 0 heterocycles. The Bertz CT molecular complexity index is 678. The summed E-state index contributed by atoms with van der Waals surface area (Å²) in [5.74, 6) is 4.89. The van der Waals surface area contributed by atoms with Gasteiger partial charge in [0.25, 0.3) is 0 Å².